The molecule has 2 aliphatic rings. The van der Waals surface area contributed by atoms with Crippen molar-refractivity contribution >= 4 is 16.9 Å². The Bertz CT molecular complexity index is 779. The first-order chi connectivity index (χ1) is 12.6. The number of fused-ring (bicyclic) bond motifs is 1. The molecule has 0 unspecified atom stereocenters. The lowest BCUT2D eigenvalue weighted by Gasteiger charge is -2.28. The molecule has 2 atom stereocenters. The minimum Gasteiger partial charge on any atom is -0.378 e. The van der Waals surface area contributed by atoms with E-state index in [1.165, 1.54) is 12.8 Å². The largest absolute Gasteiger partial charge is 0.378 e. The number of likely N-dealkylation sites (tertiary alicyclic amines) is 1. The molecule has 0 aliphatic carbocycles. The van der Waals surface area contributed by atoms with Crippen molar-refractivity contribution in [3.63, 3.8) is 0 Å². The van der Waals surface area contributed by atoms with Gasteiger partial charge >= 0.3 is 0 Å². The molecule has 4 rings (SSSR count). The number of nitrogens with one attached hydrogen (secondary N) is 1. The van der Waals surface area contributed by atoms with Crippen molar-refractivity contribution in [1.29, 1.82) is 0 Å². The smallest absolute Gasteiger partial charge is 0.240 e. The van der Waals surface area contributed by atoms with Crippen LogP contribution in [0.2, 0.25) is 0 Å². The minimum atomic E-state index is 0.0368. The number of amides is 1. The maximum Gasteiger partial charge on any atom is 0.240 e. The van der Waals surface area contributed by atoms with Gasteiger partial charge in [0.25, 0.3) is 0 Å². The highest BCUT2D eigenvalue weighted by Gasteiger charge is 2.35. The maximum absolute atomic E-state index is 12.8. The quantitative estimate of drug-likeness (QED) is 0.892. The normalized spacial score (nSPS) is 24.0. The highest BCUT2D eigenvalue weighted by Crippen LogP contribution is 2.22. The Morgan fingerprint density at radius 1 is 1.27 bits per heavy atom. The van der Waals surface area contributed by atoms with Gasteiger partial charge in [0.05, 0.1) is 36.3 Å². The van der Waals surface area contributed by atoms with Crippen molar-refractivity contribution in [2.45, 2.75) is 51.2 Å². The second kappa shape index (κ2) is 7.37. The first-order valence-electron chi connectivity index (χ1n) is 9.70. The van der Waals surface area contributed by atoms with E-state index in [4.69, 9.17) is 9.72 Å². The van der Waals surface area contributed by atoms with Gasteiger partial charge in [-0.15, -0.1) is 0 Å². The third kappa shape index (κ3) is 3.35. The Kier molecular flexibility index (Phi) is 4.96. The van der Waals surface area contributed by atoms with E-state index in [-0.39, 0.29) is 17.9 Å². The Hall–Kier alpha value is -1.92. The third-order valence-corrected chi connectivity index (χ3v) is 5.51. The van der Waals surface area contributed by atoms with Gasteiger partial charge in [0.1, 0.15) is 12.4 Å². The molecule has 26 heavy (non-hydrogen) atoms. The van der Waals surface area contributed by atoms with Crippen LogP contribution in [-0.2, 0) is 16.1 Å². The van der Waals surface area contributed by atoms with Gasteiger partial charge in [0, 0.05) is 5.92 Å². The summed E-state index contributed by atoms with van der Waals surface area (Å²) in [5, 5.41) is 3.22. The number of hydrogen-bond acceptors (Lipinski definition) is 4. The standard InChI is InChI=1S/C20H28N4O2/c1-14(2)20-22-15-7-3-4-8-17(15)24(20)11-19(25)21-16-12-26-13-18(16)23-9-5-6-10-23/h3-4,7-8,14,16,18H,5-6,9-13H2,1-2H3,(H,21,25)/t16-,18-/m0/s1. The number of imidazole rings is 1. The van der Waals surface area contributed by atoms with Crippen LogP contribution in [0.1, 0.15) is 38.4 Å². The zero-order chi connectivity index (χ0) is 18.1. The molecule has 6 heteroatoms. The van der Waals surface area contributed by atoms with Crippen molar-refractivity contribution in [3.8, 4) is 0 Å². The Morgan fingerprint density at radius 2 is 2.04 bits per heavy atom. The highest BCUT2D eigenvalue weighted by molar-refractivity contribution is 5.81. The lowest BCUT2D eigenvalue weighted by atomic mass is 10.1. The van der Waals surface area contributed by atoms with Crippen molar-refractivity contribution in [2.75, 3.05) is 26.3 Å². The number of carbonyl (C=O) groups is 1. The molecular formula is C20H28N4O2. The first kappa shape index (κ1) is 17.5. The molecule has 1 N–H and O–H groups in total. The molecule has 2 aliphatic heterocycles. The van der Waals surface area contributed by atoms with E-state index in [2.05, 4.69) is 28.6 Å². The molecular weight excluding hydrogens is 328 g/mol. The van der Waals surface area contributed by atoms with Crippen molar-refractivity contribution in [3.05, 3.63) is 30.1 Å². The number of ether oxygens (including phenoxy) is 1. The fourth-order valence-electron chi connectivity index (χ4n) is 4.21. The third-order valence-electron chi connectivity index (χ3n) is 5.51. The predicted octanol–water partition coefficient (Wildman–Crippen LogP) is 2.14. The Labute approximate surface area is 154 Å². The Morgan fingerprint density at radius 3 is 2.81 bits per heavy atom. The summed E-state index contributed by atoms with van der Waals surface area (Å²) in [6.07, 6.45) is 2.49. The fraction of sp³-hybridized carbons (Fsp3) is 0.600. The number of nitrogens with zero attached hydrogens (tertiary/aromatic N) is 3. The van der Waals surface area contributed by atoms with Crippen molar-refractivity contribution in [1.82, 2.24) is 19.8 Å². The molecule has 1 amide bonds. The minimum absolute atomic E-state index is 0.0368. The molecule has 3 heterocycles. The fourth-order valence-corrected chi connectivity index (χ4v) is 4.21. The average molecular weight is 356 g/mol. The zero-order valence-corrected chi connectivity index (χ0v) is 15.6. The molecule has 1 aromatic heterocycles. The van der Waals surface area contributed by atoms with Crippen LogP contribution in [0.5, 0.6) is 0 Å². The lowest BCUT2D eigenvalue weighted by Crippen LogP contribution is -2.50. The molecule has 2 fully saturated rings. The molecule has 0 bridgehead atoms. The van der Waals surface area contributed by atoms with E-state index in [9.17, 15) is 4.79 Å². The molecule has 0 saturated carbocycles. The maximum atomic E-state index is 12.8. The summed E-state index contributed by atoms with van der Waals surface area (Å²) in [7, 11) is 0. The summed E-state index contributed by atoms with van der Waals surface area (Å²) in [5.41, 5.74) is 1.97. The Balaban J connectivity index is 1.49. The highest BCUT2D eigenvalue weighted by atomic mass is 16.5. The van der Waals surface area contributed by atoms with Crippen LogP contribution in [0, 0.1) is 0 Å². The van der Waals surface area contributed by atoms with E-state index in [1.807, 2.05) is 24.3 Å². The first-order valence-corrected chi connectivity index (χ1v) is 9.70. The van der Waals surface area contributed by atoms with Gasteiger partial charge in [-0.2, -0.15) is 0 Å². The lowest BCUT2D eigenvalue weighted by molar-refractivity contribution is -0.122. The van der Waals surface area contributed by atoms with E-state index >= 15 is 0 Å². The SMILES string of the molecule is CC(C)c1nc2ccccc2n1CC(=O)N[C@H]1COC[C@@H]1N1CCCC1. The summed E-state index contributed by atoms with van der Waals surface area (Å²) in [6, 6.07) is 8.41. The van der Waals surface area contributed by atoms with Crippen LogP contribution in [0.4, 0.5) is 0 Å². The number of aromatic nitrogens is 2. The predicted molar refractivity (Wildman–Crippen MR) is 101 cm³/mol. The van der Waals surface area contributed by atoms with Gasteiger partial charge in [0.15, 0.2) is 0 Å². The van der Waals surface area contributed by atoms with E-state index in [0.29, 0.717) is 19.2 Å². The van der Waals surface area contributed by atoms with E-state index in [0.717, 1.165) is 36.6 Å². The number of rotatable bonds is 5. The molecule has 0 spiro atoms. The van der Waals surface area contributed by atoms with Gasteiger partial charge < -0.3 is 14.6 Å². The van der Waals surface area contributed by atoms with Crippen LogP contribution < -0.4 is 5.32 Å². The number of hydrogen-bond donors (Lipinski definition) is 1. The van der Waals surface area contributed by atoms with E-state index < -0.39 is 0 Å². The summed E-state index contributed by atoms with van der Waals surface area (Å²) in [6.45, 7) is 8.09. The van der Waals surface area contributed by atoms with Crippen molar-refractivity contribution in [2.24, 2.45) is 0 Å². The monoisotopic (exact) mass is 356 g/mol. The van der Waals surface area contributed by atoms with Crippen LogP contribution in [0.3, 0.4) is 0 Å². The summed E-state index contributed by atoms with van der Waals surface area (Å²) in [4.78, 5) is 20.0. The summed E-state index contributed by atoms with van der Waals surface area (Å²) < 4.78 is 7.73. The van der Waals surface area contributed by atoms with Crippen LogP contribution in [0.25, 0.3) is 11.0 Å². The van der Waals surface area contributed by atoms with Crippen LogP contribution in [0.15, 0.2) is 24.3 Å². The number of benzene rings is 1. The second-order valence-electron chi connectivity index (χ2n) is 7.72. The van der Waals surface area contributed by atoms with E-state index in [1.54, 1.807) is 0 Å². The number of carbonyl (C=O) groups excluding carboxylic acids is 1. The van der Waals surface area contributed by atoms with Gasteiger partial charge in [0.2, 0.25) is 5.91 Å². The average Bonchev–Trinajstić information content (AvgIpc) is 3.34. The van der Waals surface area contributed by atoms with Gasteiger partial charge in [-0.3, -0.25) is 9.69 Å². The molecule has 6 nitrogen and oxygen atoms in total. The topological polar surface area (TPSA) is 59.4 Å². The summed E-state index contributed by atoms with van der Waals surface area (Å²) >= 11 is 0. The van der Waals surface area contributed by atoms with Gasteiger partial charge in [-0.1, -0.05) is 26.0 Å². The molecule has 0 radical (unpaired) electrons. The molecule has 2 saturated heterocycles. The van der Waals surface area contributed by atoms with Crippen molar-refractivity contribution < 1.29 is 9.53 Å². The number of para-hydroxylation sites is 2. The molecule has 2 aromatic rings. The van der Waals surface area contributed by atoms with Crippen LogP contribution in [-0.4, -0.2) is 58.7 Å². The summed E-state index contributed by atoms with van der Waals surface area (Å²) in [5.74, 6) is 1.26. The van der Waals surface area contributed by atoms with Gasteiger partial charge in [-0.05, 0) is 38.1 Å². The van der Waals surface area contributed by atoms with Crippen LogP contribution >= 0.6 is 0 Å². The molecule has 1 aromatic carbocycles. The second-order valence-corrected chi connectivity index (χ2v) is 7.72. The zero-order valence-electron chi connectivity index (χ0n) is 15.6. The molecule has 140 valence electrons. The van der Waals surface area contributed by atoms with Gasteiger partial charge in [-0.25, -0.2) is 4.98 Å².